The molecule has 0 amide bonds. The van der Waals surface area contributed by atoms with E-state index >= 15 is 0 Å². The molecule has 0 bridgehead atoms. The van der Waals surface area contributed by atoms with Crippen LogP contribution in [-0.4, -0.2) is 24.3 Å². The van der Waals surface area contributed by atoms with Crippen molar-refractivity contribution >= 4 is 0 Å². The van der Waals surface area contributed by atoms with Gasteiger partial charge in [0.05, 0.1) is 18.2 Å². The van der Waals surface area contributed by atoms with Crippen molar-refractivity contribution in [3.63, 3.8) is 0 Å². The van der Waals surface area contributed by atoms with Gasteiger partial charge in [-0.15, -0.1) is 0 Å². The van der Waals surface area contributed by atoms with E-state index in [-0.39, 0.29) is 6.61 Å². The third kappa shape index (κ3) is 3.32. The monoisotopic (exact) mass is 244 g/mol. The van der Waals surface area contributed by atoms with Crippen molar-refractivity contribution in [3.05, 3.63) is 35.4 Å². The van der Waals surface area contributed by atoms with Crippen LogP contribution in [0.15, 0.2) is 24.3 Å². The minimum Gasteiger partial charge on any atom is -0.395 e. The van der Waals surface area contributed by atoms with Crippen molar-refractivity contribution in [1.29, 1.82) is 5.26 Å². The summed E-state index contributed by atoms with van der Waals surface area (Å²) in [5.74, 6) is 0.588. The van der Waals surface area contributed by atoms with E-state index in [2.05, 4.69) is 17.5 Å². The van der Waals surface area contributed by atoms with Gasteiger partial charge in [-0.2, -0.15) is 5.26 Å². The van der Waals surface area contributed by atoms with Gasteiger partial charge in [-0.25, -0.2) is 0 Å². The fourth-order valence-electron chi connectivity index (χ4n) is 2.76. The van der Waals surface area contributed by atoms with Crippen LogP contribution in [0, 0.1) is 11.3 Å². The Hall–Kier alpha value is -1.37. The van der Waals surface area contributed by atoms with Crippen LogP contribution in [0.3, 0.4) is 0 Å². The summed E-state index contributed by atoms with van der Waals surface area (Å²) in [6, 6.07) is 10.7. The standard InChI is InChI=1S/C15H20N2O/c16-11-12-2-1-3-14(10-12)13-4-6-15(7-5-13)17-8-9-18/h1-3,10,13,15,17-18H,4-9H2. The number of aliphatic hydroxyl groups is 1. The molecule has 96 valence electrons. The van der Waals surface area contributed by atoms with Crippen LogP contribution >= 0.6 is 0 Å². The van der Waals surface area contributed by atoms with E-state index in [1.807, 2.05) is 18.2 Å². The largest absolute Gasteiger partial charge is 0.395 e. The number of hydrogen-bond acceptors (Lipinski definition) is 3. The normalized spacial score (nSPS) is 23.6. The Morgan fingerprint density at radius 3 is 2.72 bits per heavy atom. The van der Waals surface area contributed by atoms with Gasteiger partial charge in [-0.05, 0) is 49.3 Å². The first kappa shape index (κ1) is 13.1. The predicted molar refractivity (Wildman–Crippen MR) is 71.2 cm³/mol. The van der Waals surface area contributed by atoms with Crippen LogP contribution in [-0.2, 0) is 0 Å². The molecule has 0 saturated heterocycles. The van der Waals surface area contributed by atoms with Crippen LogP contribution in [0.1, 0.15) is 42.7 Å². The highest BCUT2D eigenvalue weighted by Gasteiger charge is 2.21. The van der Waals surface area contributed by atoms with E-state index < -0.39 is 0 Å². The van der Waals surface area contributed by atoms with Crippen molar-refractivity contribution in [3.8, 4) is 6.07 Å². The van der Waals surface area contributed by atoms with Crippen molar-refractivity contribution in [2.75, 3.05) is 13.2 Å². The maximum absolute atomic E-state index is 8.92. The lowest BCUT2D eigenvalue weighted by molar-refractivity contribution is 0.267. The van der Waals surface area contributed by atoms with Gasteiger partial charge in [0.1, 0.15) is 0 Å². The Bertz CT molecular complexity index is 417. The number of rotatable bonds is 4. The molecule has 0 heterocycles. The van der Waals surface area contributed by atoms with Gasteiger partial charge >= 0.3 is 0 Å². The lowest BCUT2D eigenvalue weighted by Gasteiger charge is -2.29. The van der Waals surface area contributed by atoms with Gasteiger partial charge in [0.25, 0.3) is 0 Å². The second kappa shape index (κ2) is 6.53. The predicted octanol–water partition coefficient (Wildman–Crippen LogP) is 2.17. The molecule has 1 aliphatic carbocycles. The molecule has 0 aliphatic heterocycles. The summed E-state index contributed by atoms with van der Waals surface area (Å²) < 4.78 is 0. The molecule has 0 atom stereocenters. The third-order valence-corrected chi connectivity index (χ3v) is 3.76. The van der Waals surface area contributed by atoms with Gasteiger partial charge < -0.3 is 10.4 Å². The SMILES string of the molecule is N#Cc1cccc(C2CCC(NCCO)CC2)c1. The Kier molecular flexibility index (Phi) is 4.74. The molecule has 2 rings (SSSR count). The van der Waals surface area contributed by atoms with E-state index in [1.165, 1.54) is 5.56 Å². The molecule has 0 unspecified atom stereocenters. The van der Waals surface area contributed by atoms with Crippen molar-refractivity contribution in [2.45, 2.75) is 37.6 Å². The Balaban J connectivity index is 1.91. The van der Waals surface area contributed by atoms with Gasteiger partial charge in [-0.3, -0.25) is 0 Å². The fraction of sp³-hybridized carbons (Fsp3) is 0.533. The Morgan fingerprint density at radius 2 is 2.06 bits per heavy atom. The van der Waals surface area contributed by atoms with Gasteiger partial charge in [0.2, 0.25) is 0 Å². The first-order valence-corrected chi connectivity index (χ1v) is 6.68. The van der Waals surface area contributed by atoms with Crippen molar-refractivity contribution < 1.29 is 5.11 Å². The summed E-state index contributed by atoms with van der Waals surface area (Å²) >= 11 is 0. The molecule has 1 aromatic carbocycles. The quantitative estimate of drug-likeness (QED) is 0.853. The first-order valence-electron chi connectivity index (χ1n) is 6.68. The smallest absolute Gasteiger partial charge is 0.0991 e. The van der Waals surface area contributed by atoms with E-state index in [0.29, 0.717) is 18.5 Å². The molecule has 2 N–H and O–H groups in total. The number of hydrogen-bond donors (Lipinski definition) is 2. The molecule has 18 heavy (non-hydrogen) atoms. The summed E-state index contributed by atoms with van der Waals surface area (Å²) in [5.41, 5.74) is 2.06. The highest BCUT2D eigenvalue weighted by Crippen LogP contribution is 2.33. The topological polar surface area (TPSA) is 56.0 Å². The van der Waals surface area contributed by atoms with E-state index in [1.54, 1.807) is 0 Å². The second-order valence-electron chi connectivity index (χ2n) is 4.96. The average Bonchev–Trinajstić information content (AvgIpc) is 2.46. The lowest BCUT2D eigenvalue weighted by Crippen LogP contribution is -2.34. The molecule has 1 aromatic rings. The van der Waals surface area contributed by atoms with Crippen LogP contribution < -0.4 is 5.32 Å². The summed E-state index contributed by atoms with van der Waals surface area (Å²) in [4.78, 5) is 0. The van der Waals surface area contributed by atoms with Gasteiger partial charge in [-0.1, -0.05) is 12.1 Å². The van der Waals surface area contributed by atoms with Gasteiger partial charge in [0.15, 0.2) is 0 Å². The zero-order chi connectivity index (χ0) is 12.8. The van der Waals surface area contributed by atoms with Crippen molar-refractivity contribution in [2.24, 2.45) is 0 Å². The van der Waals surface area contributed by atoms with Crippen LogP contribution in [0.2, 0.25) is 0 Å². The Labute approximate surface area is 108 Å². The summed E-state index contributed by atoms with van der Waals surface area (Å²) in [6.07, 6.45) is 4.64. The first-order chi connectivity index (χ1) is 8.83. The molecule has 0 spiro atoms. The highest BCUT2D eigenvalue weighted by molar-refractivity contribution is 5.34. The molecular formula is C15H20N2O. The van der Waals surface area contributed by atoms with Crippen LogP contribution in [0.4, 0.5) is 0 Å². The van der Waals surface area contributed by atoms with E-state index in [0.717, 1.165) is 31.2 Å². The highest BCUT2D eigenvalue weighted by atomic mass is 16.3. The average molecular weight is 244 g/mol. The molecular weight excluding hydrogens is 224 g/mol. The zero-order valence-corrected chi connectivity index (χ0v) is 10.6. The number of nitrogens with zero attached hydrogens (tertiary/aromatic N) is 1. The zero-order valence-electron chi connectivity index (χ0n) is 10.6. The minimum atomic E-state index is 0.212. The number of nitrogens with one attached hydrogen (secondary N) is 1. The lowest BCUT2D eigenvalue weighted by atomic mass is 9.81. The number of aliphatic hydroxyl groups excluding tert-OH is 1. The fourth-order valence-corrected chi connectivity index (χ4v) is 2.76. The molecule has 3 heteroatoms. The van der Waals surface area contributed by atoms with E-state index in [4.69, 9.17) is 10.4 Å². The van der Waals surface area contributed by atoms with Crippen LogP contribution in [0.5, 0.6) is 0 Å². The maximum Gasteiger partial charge on any atom is 0.0991 e. The third-order valence-electron chi connectivity index (χ3n) is 3.76. The molecule has 0 radical (unpaired) electrons. The van der Waals surface area contributed by atoms with Crippen molar-refractivity contribution in [1.82, 2.24) is 5.32 Å². The molecule has 3 nitrogen and oxygen atoms in total. The number of benzene rings is 1. The second-order valence-corrected chi connectivity index (χ2v) is 4.96. The maximum atomic E-state index is 8.92. The summed E-state index contributed by atoms with van der Waals surface area (Å²) in [7, 11) is 0. The Morgan fingerprint density at radius 1 is 1.28 bits per heavy atom. The molecule has 0 aromatic heterocycles. The minimum absolute atomic E-state index is 0.212. The number of nitriles is 1. The summed E-state index contributed by atoms with van der Waals surface area (Å²) in [5, 5.41) is 21.1. The molecule has 1 fully saturated rings. The van der Waals surface area contributed by atoms with E-state index in [9.17, 15) is 0 Å². The molecule has 1 aliphatic rings. The van der Waals surface area contributed by atoms with Gasteiger partial charge in [0, 0.05) is 12.6 Å². The summed E-state index contributed by atoms with van der Waals surface area (Å²) in [6.45, 7) is 0.906. The molecule has 1 saturated carbocycles. The van der Waals surface area contributed by atoms with Crippen LogP contribution in [0.25, 0.3) is 0 Å².